The Morgan fingerprint density at radius 2 is 1.44 bits per heavy atom. The van der Waals surface area contributed by atoms with Crippen LogP contribution in [-0.2, 0) is 16.0 Å². The number of hydrogen-bond donors (Lipinski definition) is 1. The van der Waals surface area contributed by atoms with Crippen LogP contribution in [0.2, 0.25) is 0 Å². The number of fused-ring (bicyclic) bond motifs is 4. The number of carbonyl (C=O) groups is 1. The molecule has 0 bridgehead atoms. The van der Waals surface area contributed by atoms with E-state index in [4.69, 9.17) is 4.74 Å². The van der Waals surface area contributed by atoms with E-state index in [-0.39, 0.29) is 17.9 Å². The highest BCUT2D eigenvalue weighted by molar-refractivity contribution is 5.80. The Hall–Kier alpha value is -2.91. The molecular weight excluding hydrogens is 334 g/mol. The minimum atomic E-state index is -0.373. The quantitative estimate of drug-likeness (QED) is 0.715. The maximum Gasteiger partial charge on any atom is 0.327 e. The molecule has 27 heavy (non-hydrogen) atoms. The average Bonchev–Trinajstić information content (AvgIpc) is 3.05. The second-order valence-corrected chi connectivity index (χ2v) is 7.19. The molecule has 1 unspecified atom stereocenters. The average molecular weight is 355 g/mol. The van der Waals surface area contributed by atoms with E-state index < -0.39 is 0 Å². The van der Waals surface area contributed by atoms with Crippen molar-refractivity contribution in [3.05, 3.63) is 95.1 Å². The Morgan fingerprint density at radius 1 is 0.852 bits per heavy atom. The van der Waals surface area contributed by atoms with Gasteiger partial charge in [0.15, 0.2) is 0 Å². The van der Waals surface area contributed by atoms with Crippen molar-refractivity contribution < 1.29 is 9.53 Å². The number of nitrogens with one attached hydrogen (secondary N) is 1. The van der Waals surface area contributed by atoms with Gasteiger partial charge in [-0.3, -0.25) is 0 Å². The standard InChI is InChI=1S/C24H21NO2/c26-24(23-17-8-2-1-7-16(17)13-14-25-23)27-15-22-20-11-5-3-9-18(20)19-10-4-6-12-21(19)22/h1-12,22-23,25H,13-15H2. The third-order valence-corrected chi connectivity index (χ3v) is 5.70. The molecule has 0 saturated heterocycles. The van der Waals surface area contributed by atoms with Gasteiger partial charge in [-0.2, -0.15) is 0 Å². The van der Waals surface area contributed by atoms with Crippen LogP contribution >= 0.6 is 0 Å². The van der Waals surface area contributed by atoms with Crippen LogP contribution in [0.25, 0.3) is 11.1 Å². The fraction of sp³-hybridized carbons (Fsp3) is 0.208. The van der Waals surface area contributed by atoms with Crippen molar-refractivity contribution in [3.63, 3.8) is 0 Å². The topological polar surface area (TPSA) is 38.3 Å². The van der Waals surface area contributed by atoms with Crippen LogP contribution in [0, 0.1) is 0 Å². The van der Waals surface area contributed by atoms with E-state index in [2.05, 4.69) is 59.9 Å². The fourth-order valence-electron chi connectivity index (χ4n) is 4.40. The van der Waals surface area contributed by atoms with Gasteiger partial charge in [-0.05, 0) is 39.8 Å². The van der Waals surface area contributed by atoms with Crippen LogP contribution in [0.1, 0.15) is 34.2 Å². The second-order valence-electron chi connectivity index (χ2n) is 7.19. The van der Waals surface area contributed by atoms with Gasteiger partial charge < -0.3 is 10.1 Å². The van der Waals surface area contributed by atoms with Gasteiger partial charge >= 0.3 is 5.97 Å². The number of benzene rings is 3. The molecule has 134 valence electrons. The van der Waals surface area contributed by atoms with Gasteiger partial charge in [-0.1, -0.05) is 72.8 Å². The van der Waals surface area contributed by atoms with Gasteiger partial charge in [-0.15, -0.1) is 0 Å². The summed E-state index contributed by atoms with van der Waals surface area (Å²) in [5.74, 6) is -0.0933. The van der Waals surface area contributed by atoms with E-state index >= 15 is 0 Å². The van der Waals surface area contributed by atoms with E-state index in [1.165, 1.54) is 27.8 Å². The van der Waals surface area contributed by atoms with Crippen LogP contribution < -0.4 is 5.32 Å². The zero-order valence-corrected chi connectivity index (χ0v) is 15.0. The van der Waals surface area contributed by atoms with Gasteiger partial charge in [0.2, 0.25) is 0 Å². The van der Waals surface area contributed by atoms with Crippen LogP contribution in [0.5, 0.6) is 0 Å². The highest BCUT2D eigenvalue weighted by Gasteiger charge is 2.31. The molecule has 5 rings (SSSR count). The van der Waals surface area contributed by atoms with Crippen molar-refractivity contribution in [1.82, 2.24) is 5.32 Å². The first kappa shape index (κ1) is 16.3. The molecule has 3 aromatic carbocycles. The van der Waals surface area contributed by atoms with Gasteiger partial charge in [-0.25, -0.2) is 4.79 Å². The van der Waals surface area contributed by atoms with Gasteiger partial charge in [0.25, 0.3) is 0 Å². The largest absolute Gasteiger partial charge is 0.463 e. The molecule has 0 aromatic heterocycles. The highest BCUT2D eigenvalue weighted by atomic mass is 16.5. The number of ether oxygens (including phenoxy) is 1. The lowest BCUT2D eigenvalue weighted by Gasteiger charge is -2.26. The summed E-state index contributed by atoms with van der Waals surface area (Å²) in [6.07, 6.45) is 0.948. The Morgan fingerprint density at radius 3 is 2.15 bits per heavy atom. The molecule has 0 fully saturated rings. The molecule has 0 radical (unpaired) electrons. The predicted octanol–water partition coefficient (Wildman–Crippen LogP) is 4.23. The molecule has 0 amide bonds. The lowest BCUT2D eigenvalue weighted by Crippen LogP contribution is -2.36. The van der Waals surface area contributed by atoms with Crippen molar-refractivity contribution in [3.8, 4) is 11.1 Å². The number of carbonyl (C=O) groups excluding carboxylic acids is 1. The summed E-state index contributed by atoms with van der Waals surface area (Å²) in [5.41, 5.74) is 7.24. The zero-order valence-electron chi connectivity index (χ0n) is 15.0. The summed E-state index contributed by atoms with van der Waals surface area (Å²) in [7, 11) is 0. The number of hydrogen-bond acceptors (Lipinski definition) is 3. The second kappa shape index (κ2) is 6.67. The van der Waals surface area contributed by atoms with Gasteiger partial charge in [0, 0.05) is 12.5 Å². The summed E-state index contributed by atoms with van der Waals surface area (Å²) in [5, 5.41) is 3.31. The normalized spacial score (nSPS) is 17.7. The summed E-state index contributed by atoms with van der Waals surface area (Å²) >= 11 is 0. The molecule has 1 N–H and O–H groups in total. The third-order valence-electron chi connectivity index (χ3n) is 5.70. The summed E-state index contributed by atoms with van der Waals surface area (Å²) in [6.45, 7) is 1.17. The van der Waals surface area contributed by atoms with E-state index in [9.17, 15) is 4.79 Å². The van der Waals surface area contributed by atoms with Crippen molar-refractivity contribution in [2.45, 2.75) is 18.4 Å². The Kier molecular flexibility index (Phi) is 4.02. The van der Waals surface area contributed by atoms with Crippen molar-refractivity contribution in [2.75, 3.05) is 13.2 Å². The molecule has 2 aliphatic rings. The first-order chi connectivity index (χ1) is 13.3. The minimum absolute atomic E-state index is 0.0974. The molecule has 3 nitrogen and oxygen atoms in total. The molecular formula is C24H21NO2. The Balaban J connectivity index is 1.39. The predicted molar refractivity (Wildman–Crippen MR) is 106 cm³/mol. The first-order valence-corrected chi connectivity index (χ1v) is 9.49. The fourth-order valence-corrected chi connectivity index (χ4v) is 4.40. The summed E-state index contributed by atoms with van der Waals surface area (Å²) in [4.78, 5) is 12.9. The SMILES string of the molecule is O=C(OCC1c2ccccc2-c2ccccc21)C1NCCc2ccccc21. The van der Waals surface area contributed by atoms with E-state index in [0.29, 0.717) is 6.61 Å². The summed E-state index contributed by atoms with van der Waals surface area (Å²) in [6, 6.07) is 24.6. The monoisotopic (exact) mass is 355 g/mol. The smallest absolute Gasteiger partial charge is 0.327 e. The van der Waals surface area contributed by atoms with Gasteiger partial charge in [0.1, 0.15) is 12.6 Å². The molecule has 1 aliphatic heterocycles. The van der Waals surface area contributed by atoms with E-state index in [1.807, 2.05) is 18.2 Å². The molecule has 0 saturated carbocycles. The zero-order chi connectivity index (χ0) is 18.2. The first-order valence-electron chi connectivity index (χ1n) is 9.49. The molecule has 0 spiro atoms. The van der Waals surface area contributed by atoms with Crippen LogP contribution in [-0.4, -0.2) is 19.1 Å². The Bertz CT molecular complexity index is 965. The molecule has 1 heterocycles. The van der Waals surface area contributed by atoms with Crippen LogP contribution in [0.3, 0.4) is 0 Å². The van der Waals surface area contributed by atoms with Crippen molar-refractivity contribution >= 4 is 5.97 Å². The van der Waals surface area contributed by atoms with Crippen molar-refractivity contribution in [2.24, 2.45) is 0 Å². The number of esters is 1. The highest BCUT2D eigenvalue weighted by Crippen LogP contribution is 2.44. The third kappa shape index (κ3) is 2.75. The molecule has 3 aromatic rings. The van der Waals surface area contributed by atoms with Crippen LogP contribution in [0.4, 0.5) is 0 Å². The molecule has 1 aliphatic carbocycles. The lowest BCUT2D eigenvalue weighted by molar-refractivity contribution is -0.146. The number of rotatable bonds is 3. The molecule has 3 heteroatoms. The Labute approximate surface area is 159 Å². The van der Waals surface area contributed by atoms with E-state index in [0.717, 1.165) is 18.5 Å². The summed E-state index contributed by atoms with van der Waals surface area (Å²) < 4.78 is 5.83. The lowest BCUT2D eigenvalue weighted by atomic mass is 9.94. The minimum Gasteiger partial charge on any atom is -0.463 e. The maximum absolute atomic E-state index is 12.9. The molecule has 1 atom stereocenters. The van der Waals surface area contributed by atoms with E-state index in [1.54, 1.807) is 0 Å². The maximum atomic E-state index is 12.9. The van der Waals surface area contributed by atoms with Crippen molar-refractivity contribution in [1.29, 1.82) is 0 Å². The van der Waals surface area contributed by atoms with Gasteiger partial charge in [0.05, 0.1) is 0 Å². The van der Waals surface area contributed by atoms with Crippen LogP contribution in [0.15, 0.2) is 72.8 Å².